The Morgan fingerprint density at radius 1 is 1.05 bits per heavy atom. The number of carbonyl (C=O) groups excluding carboxylic acids is 4. The van der Waals surface area contributed by atoms with E-state index in [1.165, 1.54) is 16.7 Å². The second kappa shape index (κ2) is 11.7. The first kappa shape index (κ1) is 27.9. The minimum absolute atomic E-state index is 0.0373. The van der Waals surface area contributed by atoms with Gasteiger partial charge in [0.1, 0.15) is 17.5 Å². The highest BCUT2D eigenvalue weighted by molar-refractivity contribution is 8.01. The molecule has 0 aromatic carbocycles. The number of hydrogen-bond acceptors (Lipinski definition) is 7. The van der Waals surface area contributed by atoms with Gasteiger partial charge in [-0.15, -0.1) is 11.8 Å². The molecule has 0 aromatic rings. The van der Waals surface area contributed by atoms with Gasteiger partial charge in [0.25, 0.3) is 0 Å². The number of β-lactam (4-membered cyclic amide) rings is 1. The Balaban J connectivity index is 1.01. The van der Waals surface area contributed by atoms with Crippen molar-refractivity contribution in [2.45, 2.75) is 105 Å². The van der Waals surface area contributed by atoms with Gasteiger partial charge in [0, 0.05) is 35.1 Å². The maximum absolute atomic E-state index is 12.5. The van der Waals surface area contributed by atoms with Crippen LogP contribution in [0.3, 0.4) is 0 Å². The number of urea groups is 1. The van der Waals surface area contributed by atoms with Crippen molar-refractivity contribution < 1.29 is 29.1 Å². The van der Waals surface area contributed by atoms with Gasteiger partial charge in [-0.05, 0) is 39.5 Å². The molecule has 4 fully saturated rings. The predicted octanol–water partition coefficient (Wildman–Crippen LogP) is 1.02. The minimum atomic E-state index is -1.02. The lowest BCUT2D eigenvalue weighted by Gasteiger charge is -2.43. The molecule has 0 radical (unpaired) electrons. The van der Waals surface area contributed by atoms with Crippen LogP contribution in [0.2, 0.25) is 0 Å². The number of aliphatic carboxylic acids is 1. The van der Waals surface area contributed by atoms with Crippen molar-refractivity contribution in [1.82, 2.24) is 26.2 Å². The van der Waals surface area contributed by atoms with Crippen molar-refractivity contribution in [2.75, 3.05) is 12.3 Å². The molecule has 11 nitrogen and oxygen atoms in total. The SMILES string of the molecule is CC1(C)S[C@@H]2[C@H](NC(=O)CCCCCNC(=O)CCCC[C@@H]3SC[C@@H]4NC(=O)N[C@@H]43)C(=O)N2[C@H]1C(=O)O. The molecule has 206 valence electrons. The highest BCUT2D eigenvalue weighted by Crippen LogP contribution is 2.50. The molecule has 0 aromatic heterocycles. The van der Waals surface area contributed by atoms with E-state index >= 15 is 0 Å². The molecule has 4 saturated heterocycles. The number of hydrogen-bond donors (Lipinski definition) is 5. The minimum Gasteiger partial charge on any atom is -0.480 e. The number of thioether (sulfide) groups is 2. The van der Waals surface area contributed by atoms with Crippen molar-refractivity contribution in [1.29, 1.82) is 0 Å². The summed E-state index contributed by atoms with van der Waals surface area (Å²) in [7, 11) is 0. The van der Waals surface area contributed by atoms with E-state index in [0.29, 0.717) is 24.6 Å². The molecular formula is C24H37N5O6S2. The number of rotatable bonds is 13. The van der Waals surface area contributed by atoms with Crippen molar-refractivity contribution in [2.24, 2.45) is 0 Å². The zero-order chi connectivity index (χ0) is 26.7. The number of carboxylic acid groups (broad SMARTS) is 1. The first-order chi connectivity index (χ1) is 17.6. The lowest BCUT2D eigenvalue weighted by molar-refractivity contribution is -0.161. The first-order valence-corrected chi connectivity index (χ1v) is 15.0. The highest BCUT2D eigenvalue weighted by atomic mass is 32.2. The van der Waals surface area contributed by atoms with Crippen LogP contribution >= 0.6 is 23.5 Å². The summed E-state index contributed by atoms with van der Waals surface area (Å²) in [5.41, 5.74) is 0. The first-order valence-electron chi connectivity index (χ1n) is 13.1. The molecular weight excluding hydrogens is 518 g/mol. The average Bonchev–Trinajstić information content (AvgIpc) is 3.46. The Hall–Kier alpha value is -2.15. The molecule has 0 saturated carbocycles. The van der Waals surface area contributed by atoms with Gasteiger partial charge in [0.2, 0.25) is 17.7 Å². The summed E-state index contributed by atoms with van der Waals surface area (Å²) in [6.45, 7) is 4.18. The van der Waals surface area contributed by atoms with Crippen molar-refractivity contribution in [3.63, 3.8) is 0 Å². The van der Waals surface area contributed by atoms with Crippen LogP contribution in [-0.2, 0) is 19.2 Å². The third-order valence-corrected chi connectivity index (χ3v) is 10.6. The van der Waals surface area contributed by atoms with E-state index in [-0.39, 0.29) is 47.6 Å². The monoisotopic (exact) mass is 555 g/mol. The summed E-state index contributed by atoms with van der Waals surface area (Å²) in [5, 5.41) is 21.2. The molecule has 5 N–H and O–H groups in total. The van der Waals surface area contributed by atoms with Gasteiger partial charge < -0.3 is 31.3 Å². The lowest BCUT2D eigenvalue weighted by atomic mass is 9.96. The third kappa shape index (κ3) is 6.30. The number of carboxylic acids is 1. The van der Waals surface area contributed by atoms with Crippen LogP contribution in [0.25, 0.3) is 0 Å². The van der Waals surface area contributed by atoms with Gasteiger partial charge >= 0.3 is 12.0 Å². The smallest absolute Gasteiger partial charge is 0.327 e. The maximum atomic E-state index is 12.5. The summed E-state index contributed by atoms with van der Waals surface area (Å²) in [6, 6.07) is -1.19. The van der Waals surface area contributed by atoms with E-state index in [0.717, 1.165) is 37.9 Å². The van der Waals surface area contributed by atoms with Gasteiger partial charge in [0.15, 0.2) is 0 Å². The van der Waals surface area contributed by atoms with Crippen LogP contribution in [-0.4, -0.2) is 91.6 Å². The fraction of sp³-hybridized carbons (Fsp3) is 0.792. The number of amides is 5. The Kier molecular flexibility index (Phi) is 8.82. The molecule has 0 unspecified atom stereocenters. The molecule has 4 aliphatic heterocycles. The zero-order valence-corrected chi connectivity index (χ0v) is 22.9. The van der Waals surface area contributed by atoms with Gasteiger partial charge in [-0.1, -0.05) is 12.8 Å². The van der Waals surface area contributed by atoms with Gasteiger partial charge in [-0.2, -0.15) is 11.8 Å². The Bertz CT molecular complexity index is 933. The van der Waals surface area contributed by atoms with Crippen LogP contribution in [0.5, 0.6) is 0 Å². The normalized spacial score (nSPS) is 31.1. The molecule has 13 heteroatoms. The predicted molar refractivity (Wildman–Crippen MR) is 141 cm³/mol. The molecule has 0 bridgehead atoms. The molecule has 37 heavy (non-hydrogen) atoms. The summed E-state index contributed by atoms with van der Waals surface area (Å²) >= 11 is 3.30. The number of unbranched alkanes of at least 4 members (excludes halogenated alkanes) is 3. The fourth-order valence-corrected chi connectivity index (χ4v) is 8.74. The number of nitrogens with one attached hydrogen (secondary N) is 4. The average molecular weight is 556 g/mol. The van der Waals surface area contributed by atoms with E-state index in [1.54, 1.807) is 13.8 Å². The largest absolute Gasteiger partial charge is 0.480 e. The van der Waals surface area contributed by atoms with E-state index in [1.807, 2.05) is 11.8 Å². The Morgan fingerprint density at radius 3 is 2.54 bits per heavy atom. The number of carbonyl (C=O) groups is 5. The van der Waals surface area contributed by atoms with E-state index in [2.05, 4.69) is 21.3 Å². The fourth-order valence-electron chi connectivity index (χ4n) is 5.57. The molecule has 4 heterocycles. The molecule has 0 spiro atoms. The molecule has 5 amide bonds. The molecule has 4 rings (SSSR count). The standard InChI is InChI=1S/C24H37N5O6S2/c1-24(2)19(22(33)34)29-20(32)18(21(29)37-24)27-16(31)10-4-3-7-11-25-15(30)9-6-5-8-14-17-13(12-36-14)26-23(35)28-17/h13-14,17-19,21H,3-12H2,1-2H3,(H,25,30)(H,27,31)(H,33,34)(H2,26,28,35)/t13-,14-,17-,18+,19-,21+/m0/s1. The second-order valence-electron chi connectivity index (χ2n) is 10.7. The van der Waals surface area contributed by atoms with Crippen molar-refractivity contribution in [3.8, 4) is 0 Å². The Labute approximate surface area is 225 Å². The maximum Gasteiger partial charge on any atom is 0.327 e. The topological polar surface area (TPSA) is 157 Å². The summed E-state index contributed by atoms with van der Waals surface area (Å²) < 4.78 is -0.610. The number of fused-ring (bicyclic) bond motifs is 2. The summed E-state index contributed by atoms with van der Waals surface area (Å²) in [5.74, 6) is -0.586. The molecule has 4 aliphatic rings. The van der Waals surface area contributed by atoms with Gasteiger partial charge in [-0.3, -0.25) is 14.4 Å². The van der Waals surface area contributed by atoms with Gasteiger partial charge in [-0.25, -0.2) is 9.59 Å². The van der Waals surface area contributed by atoms with E-state index in [4.69, 9.17) is 0 Å². The quantitative estimate of drug-likeness (QED) is 0.128. The van der Waals surface area contributed by atoms with E-state index < -0.39 is 22.8 Å². The highest BCUT2D eigenvalue weighted by Gasteiger charge is 2.64. The van der Waals surface area contributed by atoms with Crippen LogP contribution in [0.15, 0.2) is 0 Å². The van der Waals surface area contributed by atoms with Crippen molar-refractivity contribution in [3.05, 3.63) is 0 Å². The van der Waals surface area contributed by atoms with Crippen molar-refractivity contribution >= 4 is 53.2 Å². The van der Waals surface area contributed by atoms with Crippen LogP contribution in [0.1, 0.15) is 65.2 Å². The van der Waals surface area contributed by atoms with Crippen LogP contribution in [0.4, 0.5) is 4.79 Å². The third-order valence-electron chi connectivity index (χ3n) is 7.47. The second-order valence-corrected chi connectivity index (χ2v) is 13.7. The number of nitrogens with zero attached hydrogens (tertiary/aromatic N) is 1. The Morgan fingerprint density at radius 2 is 1.78 bits per heavy atom. The summed E-state index contributed by atoms with van der Waals surface area (Å²) in [4.78, 5) is 61.2. The van der Waals surface area contributed by atoms with E-state index in [9.17, 15) is 29.1 Å². The molecule has 0 aliphatic carbocycles. The van der Waals surface area contributed by atoms with Crippen LogP contribution in [0, 0.1) is 0 Å². The lowest BCUT2D eigenvalue weighted by Crippen LogP contribution is -2.70. The van der Waals surface area contributed by atoms with Crippen LogP contribution < -0.4 is 21.3 Å². The zero-order valence-electron chi connectivity index (χ0n) is 21.3. The molecule has 6 atom stereocenters. The van der Waals surface area contributed by atoms with Gasteiger partial charge in [0.05, 0.1) is 12.1 Å². The summed E-state index contributed by atoms with van der Waals surface area (Å²) in [6.07, 6.45) is 5.76.